The molecule has 4 atom stereocenters. The summed E-state index contributed by atoms with van der Waals surface area (Å²) in [6, 6.07) is 22.3. The van der Waals surface area contributed by atoms with Gasteiger partial charge in [-0.25, -0.2) is 0 Å². The molecule has 1 heterocycles. The van der Waals surface area contributed by atoms with Crippen molar-refractivity contribution in [3.05, 3.63) is 66.2 Å². The van der Waals surface area contributed by atoms with E-state index >= 15 is 0 Å². The number of aliphatic hydroxyl groups is 1. The molecule has 3 heteroatoms. The Morgan fingerprint density at radius 3 is 2.24 bits per heavy atom. The zero-order valence-corrected chi connectivity index (χ0v) is 16.6. The summed E-state index contributed by atoms with van der Waals surface area (Å²) in [5.74, 6) is 0.369. The molecule has 0 amide bonds. The number of ether oxygens (including phenoxy) is 1. The number of benzene rings is 2. The predicted octanol–water partition coefficient (Wildman–Crippen LogP) is 3.86. The van der Waals surface area contributed by atoms with Crippen molar-refractivity contribution >= 4 is 13.3 Å². The molecule has 0 bridgehead atoms. The van der Waals surface area contributed by atoms with Gasteiger partial charge in [0.2, 0.25) is 0 Å². The molecule has 0 aliphatic carbocycles. The van der Waals surface area contributed by atoms with Crippen LogP contribution >= 0.6 is 0 Å². The monoisotopic (exact) mass is 354 g/mol. The summed E-state index contributed by atoms with van der Waals surface area (Å²) in [6.45, 7) is 7.62. The van der Waals surface area contributed by atoms with Gasteiger partial charge in [0.1, 0.15) is 0 Å². The van der Waals surface area contributed by atoms with Crippen LogP contribution in [0.4, 0.5) is 0 Å². The Morgan fingerprint density at radius 2 is 1.60 bits per heavy atom. The molecule has 1 aliphatic rings. The van der Waals surface area contributed by atoms with Crippen molar-refractivity contribution in [3.63, 3.8) is 0 Å². The molecule has 0 aromatic heterocycles. The molecule has 0 unspecified atom stereocenters. The summed E-state index contributed by atoms with van der Waals surface area (Å²) in [6.07, 6.45) is 0.752. The van der Waals surface area contributed by atoms with E-state index in [2.05, 4.69) is 74.6 Å². The first-order chi connectivity index (χ1) is 12.0. The van der Waals surface area contributed by atoms with Crippen LogP contribution in [-0.4, -0.2) is 32.0 Å². The molecule has 1 fully saturated rings. The fourth-order valence-electron chi connectivity index (χ4n) is 4.00. The Hall–Kier alpha value is -1.42. The number of hydrogen-bond acceptors (Lipinski definition) is 2. The Balaban J connectivity index is 1.64. The van der Waals surface area contributed by atoms with Crippen molar-refractivity contribution < 1.29 is 9.84 Å². The van der Waals surface area contributed by atoms with E-state index in [-0.39, 0.29) is 24.0 Å². The highest BCUT2D eigenvalue weighted by Gasteiger charge is 2.39. The van der Waals surface area contributed by atoms with Crippen molar-refractivity contribution in [1.82, 2.24) is 0 Å². The lowest BCUT2D eigenvalue weighted by Gasteiger charge is -2.41. The van der Waals surface area contributed by atoms with E-state index in [0.29, 0.717) is 6.61 Å². The van der Waals surface area contributed by atoms with Crippen molar-refractivity contribution in [2.45, 2.75) is 44.7 Å². The van der Waals surface area contributed by atoms with Crippen LogP contribution in [0.15, 0.2) is 60.7 Å². The van der Waals surface area contributed by atoms with Crippen molar-refractivity contribution in [2.24, 2.45) is 11.8 Å². The summed E-state index contributed by atoms with van der Waals surface area (Å²) < 4.78 is 6.28. The lowest BCUT2D eigenvalue weighted by Crippen LogP contribution is -2.51. The third-order valence-electron chi connectivity index (χ3n) is 5.74. The molecular weight excluding hydrogens is 324 g/mol. The lowest BCUT2D eigenvalue weighted by atomic mass is 9.83. The molecule has 0 radical (unpaired) electrons. The Kier molecular flexibility index (Phi) is 5.77. The van der Waals surface area contributed by atoms with E-state index in [0.717, 1.165) is 12.5 Å². The maximum atomic E-state index is 10.9. The topological polar surface area (TPSA) is 29.5 Å². The van der Waals surface area contributed by atoms with Crippen LogP contribution in [0.2, 0.25) is 19.1 Å². The third-order valence-corrected chi connectivity index (χ3v) is 9.06. The van der Waals surface area contributed by atoms with Gasteiger partial charge in [0.05, 0.1) is 26.9 Å². The molecule has 25 heavy (non-hydrogen) atoms. The van der Waals surface area contributed by atoms with Crippen LogP contribution in [0.3, 0.4) is 0 Å². The fourth-order valence-corrected chi connectivity index (χ4v) is 6.82. The van der Waals surface area contributed by atoms with Gasteiger partial charge in [0, 0.05) is 11.8 Å². The SMILES string of the molecule is C[C@H]1[C@@H](O)[C@H](Cc2ccccc2)CO[C@H]1C[Si](C)(C)c1ccccc1. The summed E-state index contributed by atoms with van der Waals surface area (Å²) in [5.41, 5.74) is 1.28. The Labute approximate surface area is 152 Å². The van der Waals surface area contributed by atoms with Crippen molar-refractivity contribution in [2.75, 3.05) is 6.61 Å². The van der Waals surface area contributed by atoms with Gasteiger partial charge in [-0.3, -0.25) is 0 Å². The van der Waals surface area contributed by atoms with Gasteiger partial charge in [-0.2, -0.15) is 0 Å². The summed E-state index contributed by atoms with van der Waals surface area (Å²) in [7, 11) is -1.57. The van der Waals surface area contributed by atoms with Gasteiger partial charge >= 0.3 is 0 Å². The van der Waals surface area contributed by atoms with Gasteiger partial charge in [0.25, 0.3) is 0 Å². The molecule has 3 rings (SSSR count). The average Bonchev–Trinajstić information content (AvgIpc) is 2.63. The van der Waals surface area contributed by atoms with E-state index in [1.165, 1.54) is 10.8 Å². The van der Waals surface area contributed by atoms with Crippen LogP contribution in [0.1, 0.15) is 12.5 Å². The smallest absolute Gasteiger partial charge is 0.0831 e. The zero-order valence-electron chi connectivity index (χ0n) is 15.6. The first-order valence-corrected chi connectivity index (χ1v) is 12.6. The molecule has 2 aromatic rings. The van der Waals surface area contributed by atoms with Crippen LogP contribution < -0.4 is 5.19 Å². The molecule has 0 saturated carbocycles. The summed E-state index contributed by atoms with van der Waals surface area (Å²) in [4.78, 5) is 0. The minimum absolute atomic E-state index is 0.156. The lowest BCUT2D eigenvalue weighted by molar-refractivity contribution is -0.114. The molecule has 1 N–H and O–H groups in total. The van der Waals surface area contributed by atoms with Crippen molar-refractivity contribution in [1.29, 1.82) is 0 Å². The molecule has 2 nitrogen and oxygen atoms in total. The number of aliphatic hydroxyl groups excluding tert-OH is 1. The van der Waals surface area contributed by atoms with E-state index in [9.17, 15) is 5.11 Å². The molecular formula is C22H30O2Si. The van der Waals surface area contributed by atoms with Gasteiger partial charge in [0.15, 0.2) is 0 Å². The van der Waals surface area contributed by atoms with E-state index in [1.807, 2.05) is 6.07 Å². The summed E-state index contributed by atoms with van der Waals surface area (Å²) in [5, 5.41) is 12.3. The standard InChI is InChI=1S/C22H30O2Si/c1-17-21(16-25(2,3)20-12-8-5-9-13-20)24-15-19(22(17)23)14-18-10-6-4-7-11-18/h4-13,17,19,21-23H,14-16H2,1-3H3/t17-,19-,21+,22-/m1/s1. The average molecular weight is 355 g/mol. The minimum Gasteiger partial charge on any atom is -0.392 e. The first-order valence-electron chi connectivity index (χ1n) is 9.36. The molecule has 1 aliphatic heterocycles. The highest BCUT2D eigenvalue weighted by atomic mass is 28.3. The highest BCUT2D eigenvalue weighted by Crippen LogP contribution is 2.32. The second kappa shape index (κ2) is 7.86. The molecule has 2 aromatic carbocycles. The Morgan fingerprint density at radius 1 is 1.00 bits per heavy atom. The maximum absolute atomic E-state index is 10.9. The van der Waals surface area contributed by atoms with Gasteiger partial charge in [-0.1, -0.05) is 85.9 Å². The quantitative estimate of drug-likeness (QED) is 0.826. The van der Waals surface area contributed by atoms with E-state index < -0.39 is 8.07 Å². The Bertz CT molecular complexity index is 656. The largest absolute Gasteiger partial charge is 0.392 e. The van der Waals surface area contributed by atoms with Crippen molar-refractivity contribution in [3.8, 4) is 0 Å². The second-order valence-electron chi connectivity index (χ2n) is 8.13. The predicted molar refractivity (Wildman–Crippen MR) is 107 cm³/mol. The number of rotatable bonds is 5. The molecule has 1 saturated heterocycles. The van der Waals surface area contributed by atoms with E-state index in [1.54, 1.807) is 0 Å². The van der Waals surface area contributed by atoms with Gasteiger partial charge in [-0.15, -0.1) is 0 Å². The van der Waals surface area contributed by atoms with Crippen LogP contribution in [0, 0.1) is 11.8 Å². The first kappa shape index (κ1) is 18.4. The second-order valence-corrected chi connectivity index (χ2v) is 12.9. The maximum Gasteiger partial charge on any atom is 0.0831 e. The van der Waals surface area contributed by atoms with Crippen LogP contribution in [0.5, 0.6) is 0 Å². The third kappa shape index (κ3) is 4.41. The summed E-state index contributed by atoms with van der Waals surface area (Å²) >= 11 is 0. The number of hydrogen-bond donors (Lipinski definition) is 1. The van der Waals surface area contributed by atoms with Crippen LogP contribution in [0.25, 0.3) is 0 Å². The van der Waals surface area contributed by atoms with E-state index in [4.69, 9.17) is 4.74 Å². The normalized spacial score (nSPS) is 27.2. The molecule has 0 spiro atoms. The minimum atomic E-state index is -1.57. The van der Waals surface area contributed by atoms with Gasteiger partial charge in [-0.05, 0) is 18.0 Å². The molecule has 134 valence electrons. The fraction of sp³-hybridized carbons (Fsp3) is 0.455. The zero-order chi connectivity index (χ0) is 17.9. The van der Waals surface area contributed by atoms with Gasteiger partial charge < -0.3 is 9.84 Å². The highest BCUT2D eigenvalue weighted by molar-refractivity contribution is 6.89. The van der Waals surface area contributed by atoms with Crippen LogP contribution in [-0.2, 0) is 11.2 Å².